The Labute approximate surface area is 137 Å². The third-order valence-electron chi connectivity index (χ3n) is 3.10. The zero-order chi connectivity index (χ0) is 14.7. The van der Waals surface area contributed by atoms with Gasteiger partial charge < -0.3 is 5.32 Å². The van der Waals surface area contributed by atoms with E-state index in [0.717, 1.165) is 28.7 Å². The molecule has 6 heteroatoms. The monoisotopic (exact) mass is 375 g/mol. The van der Waals surface area contributed by atoms with Crippen molar-refractivity contribution in [2.24, 2.45) is 0 Å². The Bertz CT molecular complexity index is 598. The summed E-state index contributed by atoms with van der Waals surface area (Å²) in [6, 6.07) is 5.76. The summed E-state index contributed by atoms with van der Waals surface area (Å²) in [7, 11) is 1.89. The van der Waals surface area contributed by atoms with Crippen LogP contribution in [0.25, 0.3) is 0 Å². The molecule has 1 unspecified atom stereocenters. The lowest BCUT2D eigenvalue weighted by atomic mass is 10.0. The first-order valence-electron chi connectivity index (χ1n) is 6.41. The topological polar surface area (TPSA) is 29.9 Å². The maximum atomic E-state index is 6.36. The van der Waals surface area contributed by atoms with Crippen molar-refractivity contribution in [3.8, 4) is 0 Å². The fraction of sp³-hybridized carbons (Fsp3) is 0.357. The van der Waals surface area contributed by atoms with E-state index in [2.05, 4.69) is 33.3 Å². The Morgan fingerprint density at radius 1 is 1.35 bits per heavy atom. The normalized spacial score (nSPS) is 12.7. The summed E-state index contributed by atoms with van der Waals surface area (Å²) in [4.78, 5) is 0. The van der Waals surface area contributed by atoms with Crippen LogP contribution in [0.4, 0.5) is 0 Å². The Hall–Kier alpha value is -0.550. The first-order valence-corrected chi connectivity index (χ1v) is 7.96. The number of nitrogens with one attached hydrogen (secondary N) is 1. The molecule has 0 amide bonds. The summed E-state index contributed by atoms with van der Waals surface area (Å²) in [6.45, 7) is 2.94. The lowest BCUT2D eigenvalue weighted by molar-refractivity contribution is 0.535. The van der Waals surface area contributed by atoms with Crippen molar-refractivity contribution in [3.63, 3.8) is 0 Å². The minimum Gasteiger partial charge on any atom is -0.308 e. The second-order valence-corrected chi connectivity index (χ2v) is 6.22. The van der Waals surface area contributed by atoms with Crippen LogP contribution in [-0.4, -0.2) is 16.8 Å². The number of hydrogen-bond donors (Lipinski definition) is 1. The highest BCUT2D eigenvalue weighted by Gasteiger charge is 2.22. The van der Waals surface area contributed by atoms with Crippen LogP contribution in [0.1, 0.15) is 30.6 Å². The van der Waals surface area contributed by atoms with Crippen molar-refractivity contribution in [1.29, 1.82) is 0 Å². The van der Waals surface area contributed by atoms with Crippen LogP contribution in [0.3, 0.4) is 0 Å². The molecule has 20 heavy (non-hydrogen) atoms. The molecule has 2 aromatic rings. The maximum Gasteiger partial charge on any atom is 0.0837 e. The third-order valence-corrected chi connectivity index (χ3v) is 4.22. The van der Waals surface area contributed by atoms with Crippen molar-refractivity contribution >= 4 is 39.1 Å². The molecule has 3 nitrogen and oxygen atoms in total. The second kappa shape index (κ2) is 6.94. The van der Waals surface area contributed by atoms with Crippen LogP contribution in [0.2, 0.25) is 10.0 Å². The molecule has 0 aliphatic carbocycles. The SMILES string of the molecule is CCCn1ncc(Cl)c1C(NC)c1ccc(Br)cc1Cl. The molecule has 1 aromatic heterocycles. The number of benzene rings is 1. The van der Waals surface area contributed by atoms with Crippen molar-refractivity contribution < 1.29 is 0 Å². The van der Waals surface area contributed by atoms with Gasteiger partial charge in [0.05, 0.1) is 23.0 Å². The second-order valence-electron chi connectivity index (χ2n) is 4.49. The van der Waals surface area contributed by atoms with Gasteiger partial charge in [-0.2, -0.15) is 5.10 Å². The molecule has 2 rings (SSSR count). The molecule has 0 aliphatic rings. The highest BCUT2D eigenvalue weighted by atomic mass is 79.9. The zero-order valence-electron chi connectivity index (χ0n) is 11.3. The van der Waals surface area contributed by atoms with Crippen LogP contribution in [0.5, 0.6) is 0 Å². The Morgan fingerprint density at radius 2 is 2.10 bits per heavy atom. The number of halogens is 3. The van der Waals surface area contributed by atoms with E-state index in [4.69, 9.17) is 23.2 Å². The summed E-state index contributed by atoms with van der Waals surface area (Å²) in [5, 5.41) is 8.96. The molecular weight excluding hydrogens is 361 g/mol. The minimum atomic E-state index is -0.0860. The van der Waals surface area contributed by atoms with Crippen LogP contribution in [-0.2, 0) is 6.54 Å². The molecule has 0 bridgehead atoms. The summed E-state index contributed by atoms with van der Waals surface area (Å²) >= 11 is 16.1. The van der Waals surface area contributed by atoms with Gasteiger partial charge in [0.15, 0.2) is 0 Å². The van der Waals surface area contributed by atoms with E-state index in [1.165, 1.54) is 0 Å². The summed E-state index contributed by atoms with van der Waals surface area (Å²) in [6.07, 6.45) is 2.68. The summed E-state index contributed by atoms with van der Waals surface area (Å²) in [5.41, 5.74) is 1.93. The average Bonchev–Trinajstić information content (AvgIpc) is 2.75. The molecule has 0 aliphatic heterocycles. The van der Waals surface area contributed by atoms with Crippen molar-refractivity contribution in [1.82, 2.24) is 15.1 Å². The van der Waals surface area contributed by atoms with E-state index >= 15 is 0 Å². The number of hydrogen-bond acceptors (Lipinski definition) is 2. The van der Waals surface area contributed by atoms with Gasteiger partial charge in [-0.05, 0) is 31.2 Å². The van der Waals surface area contributed by atoms with E-state index in [0.29, 0.717) is 10.0 Å². The minimum absolute atomic E-state index is 0.0860. The van der Waals surface area contributed by atoms with E-state index < -0.39 is 0 Å². The molecule has 108 valence electrons. The lowest BCUT2D eigenvalue weighted by Crippen LogP contribution is -2.22. The molecule has 0 fully saturated rings. The quantitative estimate of drug-likeness (QED) is 0.821. The van der Waals surface area contributed by atoms with Crippen molar-refractivity contribution in [3.05, 3.63) is 50.2 Å². The summed E-state index contributed by atoms with van der Waals surface area (Å²) < 4.78 is 2.89. The lowest BCUT2D eigenvalue weighted by Gasteiger charge is -2.20. The average molecular weight is 377 g/mol. The van der Waals surface area contributed by atoms with Gasteiger partial charge in [0.1, 0.15) is 0 Å². The fourth-order valence-electron chi connectivity index (χ4n) is 2.22. The van der Waals surface area contributed by atoms with Gasteiger partial charge in [-0.1, -0.05) is 52.1 Å². The standard InChI is InChI=1S/C14H16BrCl2N3/c1-3-6-20-14(12(17)8-19-20)13(18-2)10-5-4-9(15)7-11(10)16/h4-5,7-8,13,18H,3,6H2,1-2H3. The van der Waals surface area contributed by atoms with Gasteiger partial charge >= 0.3 is 0 Å². The molecule has 0 spiro atoms. The van der Waals surface area contributed by atoms with E-state index in [1.54, 1.807) is 6.20 Å². The molecule has 1 N–H and O–H groups in total. The van der Waals surface area contributed by atoms with Crippen molar-refractivity contribution in [2.75, 3.05) is 7.05 Å². The molecule has 1 atom stereocenters. The van der Waals surface area contributed by atoms with Gasteiger partial charge in [0.25, 0.3) is 0 Å². The highest BCUT2D eigenvalue weighted by molar-refractivity contribution is 9.10. The number of nitrogens with zero attached hydrogens (tertiary/aromatic N) is 2. The predicted molar refractivity (Wildman–Crippen MR) is 87.6 cm³/mol. The third kappa shape index (κ3) is 3.19. The number of rotatable bonds is 5. The van der Waals surface area contributed by atoms with Gasteiger partial charge in [0, 0.05) is 16.0 Å². The number of aryl methyl sites for hydroxylation is 1. The van der Waals surface area contributed by atoms with Crippen LogP contribution in [0, 0.1) is 0 Å². The van der Waals surface area contributed by atoms with Gasteiger partial charge in [-0.15, -0.1) is 0 Å². The smallest absolute Gasteiger partial charge is 0.0837 e. The molecule has 0 saturated carbocycles. The largest absolute Gasteiger partial charge is 0.308 e. The highest BCUT2D eigenvalue weighted by Crippen LogP contribution is 2.33. The molecule has 1 heterocycles. The van der Waals surface area contributed by atoms with Gasteiger partial charge in [-0.3, -0.25) is 4.68 Å². The zero-order valence-corrected chi connectivity index (χ0v) is 14.4. The maximum absolute atomic E-state index is 6.36. The Balaban J connectivity index is 2.49. The molecule has 0 saturated heterocycles. The molecule has 1 aromatic carbocycles. The Morgan fingerprint density at radius 3 is 2.70 bits per heavy atom. The van der Waals surface area contributed by atoms with E-state index in [9.17, 15) is 0 Å². The van der Waals surface area contributed by atoms with Crippen LogP contribution in [0.15, 0.2) is 28.9 Å². The van der Waals surface area contributed by atoms with Gasteiger partial charge in [-0.25, -0.2) is 0 Å². The van der Waals surface area contributed by atoms with Crippen LogP contribution < -0.4 is 5.32 Å². The summed E-state index contributed by atoms with van der Waals surface area (Å²) in [5.74, 6) is 0. The van der Waals surface area contributed by atoms with Gasteiger partial charge in [0.2, 0.25) is 0 Å². The number of aromatic nitrogens is 2. The molecule has 0 radical (unpaired) electrons. The first kappa shape index (κ1) is 15.8. The fourth-order valence-corrected chi connectivity index (χ4v) is 3.26. The van der Waals surface area contributed by atoms with E-state index in [1.807, 2.05) is 29.9 Å². The van der Waals surface area contributed by atoms with E-state index in [-0.39, 0.29) is 6.04 Å². The Kier molecular flexibility index (Phi) is 5.49. The predicted octanol–water partition coefficient (Wildman–Crippen LogP) is 4.67. The van der Waals surface area contributed by atoms with Crippen LogP contribution >= 0.6 is 39.1 Å². The molecular formula is C14H16BrCl2N3. The first-order chi connectivity index (χ1) is 9.58. The van der Waals surface area contributed by atoms with Crippen molar-refractivity contribution in [2.45, 2.75) is 25.9 Å².